The highest BCUT2D eigenvalue weighted by atomic mass is 32.1. The number of halogens is 5. The molecular weight excluding hydrogens is 309 g/mol. The van der Waals surface area contributed by atoms with Gasteiger partial charge in [-0.2, -0.15) is 0 Å². The summed E-state index contributed by atoms with van der Waals surface area (Å²) in [7, 11) is 0. The van der Waals surface area contributed by atoms with Crippen LogP contribution in [0.1, 0.15) is 24.8 Å². The quantitative estimate of drug-likeness (QED) is 0.492. The van der Waals surface area contributed by atoms with Crippen molar-refractivity contribution >= 4 is 11.3 Å². The summed E-state index contributed by atoms with van der Waals surface area (Å²) >= 11 is 0.913. The van der Waals surface area contributed by atoms with E-state index >= 15 is 0 Å². The van der Waals surface area contributed by atoms with Crippen molar-refractivity contribution in [1.82, 2.24) is 0 Å². The Labute approximate surface area is 122 Å². The Balaban J connectivity index is 2.58. The van der Waals surface area contributed by atoms with Crippen LogP contribution in [0.4, 0.5) is 22.0 Å². The minimum absolute atomic E-state index is 0.0473. The summed E-state index contributed by atoms with van der Waals surface area (Å²) in [4.78, 5) is 0.567. The summed E-state index contributed by atoms with van der Waals surface area (Å²) in [5.41, 5.74) is 4.99. The fraction of sp³-hybridized carbons (Fsp3) is 0.286. The van der Waals surface area contributed by atoms with Gasteiger partial charge in [0.2, 0.25) is 5.82 Å². The van der Waals surface area contributed by atoms with E-state index in [0.29, 0.717) is 4.88 Å². The van der Waals surface area contributed by atoms with Gasteiger partial charge in [-0.3, -0.25) is 0 Å². The van der Waals surface area contributed by atoms with Gasteiger partial charge in [-0.25, -0.2) is 22.0 Å². The van der Waals surface area contributed by atoms with Crippen molar-refractivity contribution in [2.24, 2.45) is 11.7 Å². The van der Waals surface area contributed by atoms with E-state index in [1.54, 1.807) is 0 Å². The summed E-state index contributed by atoms with van der Waals surface area (Å²) in [6, 6.07) is 2.47. The number of rotatable bonds is 3. The van der Waals surface area contributed by atoms with E-state index in [2.05, 4.69) is 0 Å². The zero-order valence-electron chi connectivity index (χ0n) is 11.2. The van der Waals surface area contributed by atoms with Crippen LogP contribution in [0.3, 0.4) is 0 Å². The van der Waals surface area contributed by atoms with Crippen LogP contribution in [-0.2, 0) is 0 Å². The Morgan fingerprint density at radius 2 is 1.33 bits per heavy atom. The minimum atomic E-state index is -2.16. The fourth-order valence-corrected chi connectivity index (χ4v) is 3.03. The molecule has 2 rings (SSSR count). The maximum absolute atomic E-state index is 13.7. The molecule has 7 heteroatoms. The van der Waals surface area contributed by atoms with Crippen molar-refractivity contribution in [3.63, 3.8) is 0 Å². The summed E-state index contributed by atoms with van der Waals surface area (Å²) in [6.45, 7) is 3.73. The van der Waals surface area contributed by atoms with Crippen molar-refractivity contribution in [3.8, 4) is 10.4 Å². The molecule has 0 aliphatic rings. The van der Waals surface area contributed by atoms with Crippen molar-refractivity contribution in [2.45, 2.75) is 19.9 Å². The maximum Gasteiger partial charge on any atom is 0.200 e. The van der Waals surface area contributed by atoms with Crippen molar-refractivity contribution in [2.75, 3.05) is 0 Å². The first-order valence-electron chi connectivity index (χ1n) is 6.12. The first kappa shape index (κ1) is 15.9. The van der Waals surface area contributed by atoms with Gasteiger partial charge in [0, 0.05) is 15.8 Å². The van der Waals surface area contributed by atoms with E-state index in [1.807, 2.05) is 13.8 Å². The van der Waals surface area contributed by atoms with E-state index in [-0.39, 0.29) is 16.8 Å². The van der Waals surface area contributed by atoms with Gasteiger partial charge in [0.05, 0.1) is 5.56 Å². The van der Waals surface area contributed by atoms with Crippen LogP contribution in [-0.4, -0.2) is 0 Å². The highest BCUT2D eigenvalue weighted by molar-refractivity contribution is 7.15. The van der Waals surface area contributed by atoms with Crippen LogP contribution >= 0.6 is 11.3 Å². The molecule has 1 unspecified atom stereocenters. The lowest BCUT2D eigenvalue weighted by molar-refractivity contribution is 0.381. The zero-order chi connectivity index (χ0) is 15.9. The van der Waals surface area contributed by atoms with Gasteiger partial charge in [0.1, 0.15) is 0 Å². The van der Waals surface area contributed by atoms with E-state index in [0.717, 1.165) is 11.3 Å². The second-order valence-corrected chi connectivity index (χ2v) is 6.03. The molecule has 1 atom stereocenters. The Bertz CT molecular complexity index is 651. The molecule has 114 valence electrons. The predicted octanol–water partition coefficient (Wildman–Crippen LogP) is 4.77. The molecular formula is C14H12F5NS. The fourth-order valence-electron chi connectivity index (χ4n) is 1.82. The van der Waals surface area contributed by atoms with Crippen LogP contribution in [0.25, 0.3) is 10.4 Å². The number of thiophene rings is 1. The number of benzene rings is 1. The highest BCUT2D eigenvalue weighted by Gasteiger charge is 2.27. The first-order chi connectivity index (χ1) is 9.75. The van der Waals surface area contributed by atoms with Gasteiger partial charge < -0.3 is 5.73 Å². The van der Waals surface area contributed by atoms with Crippen LogP contribution in [0.5, 0.6) is 0 Å². The molecule has 0 aliphatic heterocycles. The minimum Gasteiger partial charge on any atom is -0.323 e. The van der Waals surface area contributed by atoms with Gasteiger partial charge in [0.25, 0.3) is 0 Å². The molecule has 1 nitrogen and oxygen atoms in total. The first-order valence-corrected chi connectivity index (χ1v) is 6.94. The number of hydrogen-bond donors (Lipinski definition) is 1. The van der Waals surface area contributed by atoms with Gasteiger partial charge >= 0.3 is 0 Å². The third-order valence-electron chi connectivity index (χ3n) is 3.13. The van der Waals surface area contributed by atoms with Crippen molar-refractivity contribution in [3.05, 3.63) is 46.1 Å². The van der Waals surface area contributed by atoms with Crippen molar-refractivity contribution in [1.29, 1.82) is 0 Å². The Morgan fingerprint density at radius 3 is 1.81 bits per heavy atom. The molecule has 1 heterocycles. The molecule has 1 aromatic heterocycles. The molecule has 0 fully saturated rings. The highest BCUT2D eigenvalue weighted by Crippen LogP contribution is 2.37. The molecule has 2 aromatic rings. The summed E-state index contributed by atoms with van der Waals surface area (Å²) in [6.07, 6.45) is 0. The Kier molecular flexibility index (Phi) is 4.34. The monoisotopic (exact) mass is 321 g/mol. The molecule has 0 aliphatic carbocycles. The molecule has 21 heavy (non-hydrogen) atoms. The zero-order valence-corrected chi connectivity index (χ0v) is 12.0. The van der Waals surface area contributed by atoms with Crippen LogP contribution in [0.2, 0.25) is 0 Å². The molecule has 0 saturated carbocycles. The average Bonchev–Trinajstić information content (AvgIpc) is 2.91. The third kappa shape index (κ3) is 2.67. The SMILES string of the molecule is CC(C)C(N)c1ccc(-c2c(F)c(F)c(F)c(F)c2F)s1. The molecule has 0 saturated heterocycles. The molecule has 0 amide bonds. The molecule has 0 spiro atoms. The van der Waals surface area contributed by atoms with Crippen LogP contribution in [0, 0.1) is 35.0 Å². The lowest BCUT2D eigenvalue weighted by Crippen LogP contribution is -2.14. The normalized spacial score (nSPS) is 13.0. The second-order valence-electron chi connectivity index (χ2n) is 4.92. The lowest BCUT2D eigenvalue weighted by Gasteiger charge is -2.13. The van der Waals surface area contributed by atoms with E-state index in [1.165, 1.54) is 12.1 Å². The molecule has 0 bridgehead atoms. The van der Waals surface area contributed by atoms with Gasteiger partial charge in [-0.15, -0.1) is 11.3 Å². The third-order valence-corrected chi connectivity index (χ3v) is 4.33. The van der Waals surface area contributed by atoms with Gasteiger partial charge in [-0.05, 0) is 18.1 Å². The predicted molar refractivity (Wildman–Crippen MR) is 71.3 cm³/mol. The van der Waals surface area contributed by atoms with E-state index in [4.69, 9.17) is 5.73 Å². The lowest BCUT2D eigenvalue weighted by atomic mass is 10.0. The number of nitrogens with two attached hydrogens (primary N) is 1. The van der Waals surface area contributed by atoms with Gasteiger partial charge in [-0.1, -0.05) is 13.8 Å². The average molecular weight is 321 g/mol. The maximum atomic E-state index is 13.7. The summed E-state index contributed by atoms with van der Waals surface area (Å²) in [5, 5.41) is 0. The summed E-state index contributed by atoms with van der Waals surface area (Å²) in [5.74, 6) is -9.66. The molecule has 2 N–H and O–H groups in total. The topological polar surface area (TPSA) is 26.0 Å². The Morgan fingerprint density at radius 1 is 0.857 bits per heavy atom. The van der Waals surface area contributed by atoms with Crippen molar-refractivity contribution < 1.29 is 22.0 Å². The molecule has 0 radical (unpaired) electrons. The molecule has 1 aromatic carbocycles. The van der Waals surface area contributed by atoms with E-state index < -0.39 is 34.6 Å². The summed E-state index contributed by atoms with van der Waals surface area (Å²) < 4.78 is 66.8. The Hall–Kier alpha value is -1.47. The van der Waals surface area contributed by atoms with Gasteiger partial charge in [0.15, 0.2) is 23.3 Å². The smallest absolute Gasteiger partial charge is 0.200 e. The van der Waals surface area contributed by atoms with Crippen LogP contribution < -0.4 is 5.73 Å². The van der Waals surface area contributed by atoms with Crippen LogP contribution in [0.15, 0.2) is 12.1 Å². The van der Waals surface area contributed by atoms with E-state index in [9.17, 15) is 22.0 Å². The number of hydrogen-bond acceptors (Lipinski definition) is 2. The largest absolute Gasteiger partial charge is 0.323 e. The second kappa shape index (κ2) is 5.73. The standard InChI is InChI=1S/C14H12F5NS/c1-5(2)14(20)7-4-3-6(21-7)8-9(15)11(17)13(19)12(18)10(8)16/h3-5,14H,20H2,1-2H3.